The zero-order chi connectivity index (χ0) is 24.8. The second kappa shape index (κ2) is 10.8. The van der Waals surface area contributed by atoms with Crippen LogP contribution in [0, 0.1) is 5.92 Å². The molecule has 1 aliphatic carbocycles. The largest absolute Gasteiger partial charge is 0.480 e. The highest BCUT2D eigenvalue weighted by Crippen LogP contribution is 2.44. The summed E-state index contributed by atoms with van der Waals surface area (Å²) in [5.41, 5.74) is 4.39. The van der Waals surface area contributed by atoms with Crippen LogP contribution in [0.1, 0.15) is 37.8 Å². The van der Waals surface area contributed by atoms with Gasteiger partial charge in [-0.2, -0.15) is 0 Å². The van der Waals surface area contributed by atoms with Crippen molar-refractivity contribution in [2.75, 3.05) is 13.2 Å². The summed E-state index contributed by atoms with van der Waals surface area (Å²) in [5.74, 6) is -2.78. The number of hydrogen-bond donors (Lipinski definition) is 4. The standard InChI is InChI=1S/C25H29N3O6/c1-14(2)22(23(30)26-12-21(29)27-15(3)24(31)32)28-25(33)34-13-20-18-10-6-4-8-16(18)17-9-5-7-11-19(17)20/h4-11,14-15,20,22H,12-13H2,1-3H3,(H,26,30)(H,27,29)(H,28,33)(H,31,32)/t15-,22-/m0/s1. The van der Waals surface area contributed by atoms with E-state index in [-0.39, 0.29) is 18.4 Å². The van der Waals surface area contributed by atoms with Gasteiger partial charge in [0.15, 0.2) is 0 Å². The van der Waals surface area contributed by atoms with E-state index in [4.69, 9.17) is 9.84 Å². The molecule has 4 N–H and O–H groups in total. The van der Waals surface area contributed by atoms with Crippen molar-refractivity contribution in [3.8, 4) is 11.1 Å². The molecule has 2 aromatic carbocycles. The summed E-state index contributed by atoms with van der Waals surface area (Å²) in [6, 6.07) is 13.9. The highest BCUT2D eigenvalue weighted by atomic mass is 16.5. The SMILES string of the molecule is CC(C)[C@H](NC(=O)OCC1c2ccccc2-c2ccccc21)C(=O)NCC(=O)N[C@@H](C)C(=O)O. The smallest absolute Gasteiger partial charge is 0.407 e. The van der Waals surface area contributed by atoms with Crippen molar-refractivity contribution in [1.29, 1.82) is 0 Å². The number of carboxylic acids is 1. The average molecular weight is 468 g/mol. The molecule has 0 aromatic heterocycles. The number of fused-ring (bicyclic) bond motifs is 3. The Morgan fingerprint density at radius 1 is 0.912 bits per heavy atom. The maximum atomic E-state index is 12.6. The lowest BCUT2D eigenvalue weighted by Gasteiger charge is -2.22. The van der Waals surface area contributed by atoms with Crippen molar-refractivity contribution in [1.82, 2.24) is 16.0 Å². The second-order valence-electron chi connectivity index (χ2n) is 8.54. The van der Waals surface area contributed by atoms with Gasteiger partial charge in [0.25, 0.3) is 0 Å². The molecule has 9 heteroatoms. The first-order chi connectivity index (χ1) is 16.2. The van der Waals surface area contributed by atoms with Crippen LogP contribution >= 0.6 is 0 Å². The molecule has 3 amide bonds. The summed E-state index contributed by atoms with van der Waals surface area (Å²) in [4.78, 5) is 47.7. The van der Waals surface area contributed by atoms with E-state index in [1.807, 2.05) is 48.5 Å². The van der Waals surface area contributed by atoms with E-state index in [1.54, 1.807) is 13.8 Å². The van der Waals surface area contributed by atoms with Crippen LogP contribution in [0.3, 0.4) is 0 Å². The van der Waals surface area contributed by atoms with E-state index in [0.29, 0.717) is 0 Å². The minimum Gasteiger partial charge on any atom is -0.480 e. The molecule has 2 atom stereocenters. The summed E-state index contributed by atoms with van der Waals surface area (Å²) >= 11 is 0. The number of amides is 3. The number of alkyl carbamates (subject to hydrolysis) is 1. The van der Waals surface area contributed by atoms with Gasteiger partial charge in [-0.3, -0.25) is 14.4 Å². The number of nitrogens with one attached hydrogen (secondary N) is 3. The Morgan fingerprint density at radius 3 is 2.00 bits per heavy atom. The van der Waals surface area contributed by atoms with E-state index in [2.05, 4.69) is 16.0 Å². The van der Waals surface area contributed by atoms with Crippen LogP contribution in [0.4, 0.5) is 4.79 Å². The van der Waals surface area contributed by atoms with Crippen molar-refractivity contribution in [3.05, 3.63) is 59.7 Å². The Bertz CT molecular complexity index is 1040. The number of carboxylic acid groups (broad SMARTS) is 1. The normalized spacial score (nSPS) is 13.9. The van der Waals surface area contributed by atoms with Crippen molar-refractivity contribution >= 4 is 23.9 Å². The van der Waals surface area contributed by atoms with Crippen LogP contribution in [0.5, 0.6) is 0 Å². The molecule has 1 aliphatic rings. The summed E-state index contributed by atoms with van der Waals surface area (Å²) in [6.07, 6.45) is -0.736. The number of carbonyl (C=O) groups is 4. The number of carbonyl (C=O) groups excluding carboxylic acids is 3. The molecule has 0 radical (unpaired) electrons. The van der Waals surface area contributed by atoms with Crippen LogP contribution in [0.2, 0.25) is 0 Å². The number of rotatable bonds is 9. The highest BCUT2D eigenvalue weighted by molar-refractivity contribution is 5.91. The number of ether oxygens (including phenoxy) is 1. The van der Waals surface area contributed by atoms with E-state index in [9.17, 15) is 19.2 Å². The fourth-order valence-electron chi connectivity index (χ4n) is 3.93. The molecule has 0 fully saturated rings. The fourth-order valence-corrected chi connectivity index (χ4v) is 3.93. The van der Waals surface area contributed by atoms with Gasteiger partial charge in [-0.15, -0.1) is 0 Å². The van der Waals surface area contributed by atoms with Gasteiger partial charge >= 0.3 is 12.1 Å². The lowest BCUT2D eigenvalue weighted by molar-refractivity contribution is -0.141. The molecule has 0 heterocycles. The molecule has 0 bridgehead atoms. The Hall–Kier alpha value is -3.88. The Labute approximate surface area is 197 Å². The van der Waals surface area contributed by atoms with Crippen molar-refractivity contribution in [3.63, 3.8) is 0 Å². The molecule has 0 aliphatic heterocycles. The van der Waals surface area contributed by atoms with Gasteiger partial charge in [0.05, 0.1) is 6.54 Å². The van der Waals surface area contributed by atoms with Crippen LogP contribution < -0.4 is 16.0 Å². The third-order valence-corrected chi connectivity index (χ3v) is 5.74. The van der Waals surface area contributed by atoms with Crippen LogP contribution in [-0.4, -0.2) is 54.2 Å². The quantitative estimate of drug-likeness (QED) is 0.447. The Kier molecular flexibility index (Phi) is 7.88. The van der Waals surface area contributed by atoms with Gasteiger partial charge in [0.1, 0.15) is 18.7 Å². The lowest BCUT2D eigenvalue weighted by Crippen LogP contribution is -2.52. The van der Waals surface area contributed by atoms with Crippen molar-refractivity contribution < 1.29 is 29.0 Å². The number of hydrogen-bond acceptors (Lipinski definition) is 5. The average Bonchev–Trinajstić information content (AvgIpc) is 3.13. The third-order valence-electron chi connectivity index (χ3n) is 5.74. The molecule has 0 unspecified atom stereocenters. The summed E-state index contributed by atoms with van der Waals surface area (Å²) in [7, 11) is 0. The summed E-state index contributed by atoms with van der Waals surface area (Å²) < 4.78 is 5.50. The monoisotopic (exact) mass is 467 g/mol. The zero-order valence-electron chi connectivity index (χ0n) is 19.3. The minimum absolute atomic E-state index is 0.107. The predicted octanol–water partition coefficient (Wildman–Crippen LogP) is 2.26. The topological polar surface area (TPSA) is 134 Å². The lowest BCUT2D eigenvalue weighted by atomic mass is 9.98. The zero-order valence-corrected chi connectivity index (χ0v) is 19.3. The van der Waals surface area contributed by atoms with Crippen LogP contribution in [-0.2, 0) is 19.1 Å². The molecule has 180 valence electrons. The molecule has 0 spiro atoms. The van der Waals surface area contributed by atoms with E-state index in [0.717, 1.165) is 22.3 Å². The molecule has 34 heavy (non-hydrogen) atoms. The first kappa shape index (κ1) is 24.8. The van der Waals surface area contributed by atoms with Crippen molar-refractivity contribution in [2.45, 2.75) is 38.8 Å². The molecule has 2 aromatic rings. The molecule has 0 saturated carbocycles. The number of aliphatic carboxylic acids is 1. The summed E-state index contributed by atoms with van der Waals surface area (Å²) in [6.45, 7) is 4.52. The first-order valence-electron chi connectivity index (χ1n) is 11.1. The van der Waals surface area contributed by atoms with Gasteiger partial charge in [-0.05, 0) is 35.1 Å². The number of benzene rings is 2. The minimum atomic E-state index is -1.18. The molecule has 0 saturated heterocycles. The fraction of sp³-hybridized carbons (Fsp3) is 0.360. The highest BCUT2D eigenvalue weighted by Gasteiger charge is 2.30. The Morgan fingerprint density at radius 2 is 1.47 bits per heavy atom. The van der Waals surface area contributed by atoms with Gasteiger partial charge < -0.3 is 25.8 Å². The second-order valence-corrected chi connectivity index (χ2v) is 8.54. The first-order valence-corrected chi connectivity index (χ1v) is 11.1. The van der Waals surface area contributed by atoms with Gasteiger partial charge in [-0.25, -0.2) is 4.79 Å². The summed E-state index contributed by atoms with van der Waals surface area (Å²) in [5, 5.41) is 16.1. The maximum Gasteiger partial charge on any atom is 0.407 e. The van der Waals surface area contributed by atoms with Gasteiger partial charge in [-0.1, -0.05) is 62.4 Å². The van der Waals surface area contributed by atoms with Gasteiger partial charge in [0.2, 0.25) is 11.8 Å². The maximum absolute atomic E-state index is 12.6. The van der Waals surface area contributed by atoms with Crippen molar-refractivity contribution in [2.24, 2.45) is 5.92 Å². The third kappa shape index (κ3) is 5.72. The Balaban J connectivity index is 1.57. The van der Waals surface area contributed by atoms with Crippen LogP contribution in [0.15, 0.2) is 48.5 Å². The molecule has 3 rings (SSSR count). The van der Waals surface area contributed by atoms with E-state index >= 15 is 0 Å². The van der Waals surface area contributed by atoms with E-state index in [1.165, 1.54) is 6.92 Å². The van der Waals surface area contributed by atoms with Gasteiger partial charge in [0, 0.05) is 5.92 Å². The molecule has 9 nitrogen and oxygen atoms in total. The molecular formula is C25H29N3O6. The predicted molar refractivity (Wildman–Crippen MR) is 125 cm³/mol. The molecular weight excluding hydrogens is 438 g/mol. The van der Waals surface area contributed by atoms with Crippen LogP contribution in [0.25, 0.3) is 11.1 Å². The van der Waals surface area contributed by atoms with E-state index < -0.39 is 42.5 Å².